The van der Waals surface area contributed by atoms with Crippen LogP contribution in [0.2, 0.25) is 0 Å². The van der Waals surface area contributed by atoms with E-state index in [4.69, 9.17) is 15.0 Å². The van der Waals surface area contributed by atoms with Crippen LogP contribution in [0.5, 0.6) is 0 Å². The van der Waals surface area contributed by atoms with E-state index in [1.807, 2.05) is 0 Å². The normalized spacial score (nSPS) is 19.3. The van der Waals surface area contributed by atoms with Crippen molar-refractivity contribution in [3.8, 4) is 33.4 Å². The molecule has 0 amide bonds. The molecule has 0 aromatic heterocycles. The lowest BCUT2D eigenvalue weighted by Crippen LogP contribution is -2.53. The lowest BCUT2D eigenvalue weighted by Gasteiger charge is -2.41. The topological polar surface area (TPSA) is 46.8 Å². The first-order chi connectivity index (χ1) is 32.7. The van der Waals surface area contributed by atoms with E-state index < -0.39 is 0 Å². The summed E-state index contributed by atoms with van der Waals surface area (Å²) in [7, 11) is 0. The summed E-state index contributed by atoms with van der Waals surface area (Å²) in [5.41, 5.74) is 11.6. The molecule has 69 heavy (non-hydrogen) atoms. The van der Waals surface area contributed by atoms with Crippen LogP contribution in [0.1, 0.15) is 99.8 Å². The van der Waals surface area contributed by atoms with E-state index in [-0.39, 0.29) is 33.2 Å². The second kappa shape index (κ2) is 16.3. The molecule has 0 spiro atoms. The maximum Gasteiger partial charge on any atom is 0.136 e. The fourth-order valence-corrected chi connectivity index (χ4v) is 10.3. The highest BCUT2D eigenvalue weighted by molar-refractivity contribution is 6.15. The van der Waals surface area contributed by atoms with Crippen molar-refractivity contribution >= 4 is 34.6 Å². The number of nitrogens with zero attached hydrogens (tertiary/aromatic N) is 6. The fraction of sp³-hybridized carbons (Fsp3) is 0.286. The van der Waals surface area contributed by atoms with Crippen LogP contribution in [-0.4, -0.2) is 50.7 Å². The minimum Gasteiger partial charge on any atom is -0.318 e. The maximum absolute atomic E-state index is 5.47. The number of rotatable bonds is 9. The molecule has 0 atom stereocenters. The number of hydrogen-bond donors (Lipinski definition) is 0. The Labute approximate surface area is 410 Å². The smallest absolute Gasteiger partial charge is 0.136 e. The molecular formula is C63H66N6. The van der Waals surface area contributed by atoms with Crippen LogP contribution in [0.3, 0.4) is 0 Å². The third-order valence-corrected chi connectivity index (χ3v) is 16.3. The first-order valence-corrected chi connectivity index (χ1v) is 24.5. The molecule has 6 nitrogen and oxygen atoms in total. The van der Waals surface area contributed by atoms with Crippen LogP contribution in [0.15, 0.2) is 197 Å². The summed E-state index contributed by atoms with van der Waals surface area (Å²) < 4.78 is 0. The van der Waals surface area contributed by atoms with Crippen molar-refractivity contribution in [3.05, 3.63) is 199 Å². The van der Waals surface area contributed by atoms with Crippen LogP contribution in [-0.2, 0) is 0 Å². The van der Waals surface area contributed by atoms with Gasteiger partial charge in [0, 0.05) is 33.8 Å². The Kier molecular flexibility index (Phi) is 10.8. The Hall–Kier alpha value is -7.05. The highest BCUT2D eigenvalue weighted by atomic mass is 15.4. The van der Waals surface area contributed by atoms with E-state index in [1.165, 1.54) is 0 Å². The molecule has 0 fully saturated rings. The molecule has 0 radical (unpaired) electrons. The summed E-state index contributed by atoms with van der Waals surface area (Å²) in [6, 6.07) is 66.0. The van der Waals surface area contributed by atoms with Gasteiger partial charge in [-0.3, -0.25) is 15.0 Å². The van der Waals surface area contributed by atoms with Crippen LogP contribution < -0.4 is 14.7 Å². The molecule has 7 aromatic rings. The summed E-state index contributed by atoms with van der Waals surface area (Å²) in [6.07, 6.45) is 0. The molecule has 0 bridgehead atoms. The van der Waals surface area contributed by atoms with Crippen molar-refractivity contribution in [2.45, 2.75) is 116 Å². The molecule has 3 aliphatic rings. The van der Waals surface area contributed by atoms with Crippen LogP contribution in [0.4, 0.5) is 17.1 Å². The Bertz CT molecular complexity index is 2820. The summed E-state index contributed by atoms with van der Waals surface area (Å²) >= 11 is 0. The molecule has 3 aliphatic heterocycles. The number of aliphatic imine (C=N–C) groups is 3. The lowest BCUT2D eigenvalue weighted by atomic mass is 9.83. The molecule has 0 N–H and O–H groups in total. The quantitative estimate of drug-likeness (QED) is 0.145. The minimum atomic E-state index is -0.328. The van der Waals surface area contributed by atoms with Gasteiger partial charge in [-0.25, -0.2) is 0 Å². The van der Waals surface area contributed by atoms with Gasteiger partial charge >= 0.3 is 0 Å². The molecule has 3 heterocycles. The first kappa shape index (κ1) is 45.7. The van der Waals surface area contributed by atoms with E-state index in [0.717, 1.165) is 84.6 Å². The summed E-state index contributed by atoms with van der Waals surface area (Å²) in [6.45, 7) is 27.3. The highest BCUT2D eigenvalue weighted by Gasteiger charge is 2.52. The van der Waals surface area contributed by atoms with Crippen LogP contribution in [0.25, 0.3) is 33.4 Å². The zero-order chi connectivity index (χ0) is 48.7. The fourth-order valence-electron chi connectivity index (χ4n) is 10.3. The monoisotopic (exact) mass is 907 g/mol. The lowest BCUT2D eigenvalue weighted by molar-refractivity contribution is 0.338. The SMILES string of the molecule is CC1(C)N=C(c2cccc(-c3cc(-c4cccc(C5=NC(C)(C)C(C)(C)N5c5ccccc5)c4)cc(-c4cccc(C5=NC(C)(C)C(C)(C)N5c5ccccc5)c4)c3)c2)N(c2ccccc2)C1(C)C. The molecule has 10 rings (SSSR count). The second-order valence-corrected chi connectivity index (χ2v) is 22.2. The van der Waals surface area contributed by atoms with E-state index in [9.17, 15) is 0 Å². The zero-order valence-corrected chi connectivity index (χ0v) is 42.5. The van der Waals surface area contributed by atoms with Crippen molar-refractivity contribution < 1.29 is 0 Å². The van der Waals surface area contributed by atoms with Crippen molar-refractivity contribution in [3.63, 3.8) is 0 Å². The maximum atomic E-state index is 5.47. The molecule has 6 heteroatoms. The van der Waals surface area contributed by atoms with Crippen LogP contribution in [0, 0.1) is 0 Å². The van der Waals surface area contributed by atoms with Gasteiger partial charge in [-0.2, -0.15) is 0 Å². The third kappa shape index (κ3) is 7.60. The molecule has 7 aromatic carbocycles. The van der Waals surface area contributed by atoms with Gasteiger partial charge in [0.25, 0.3) is 0 Å². The summed E-state index contributed by atoms with van der Waals surface area (Å²) in [5.74, 6) is 2.94. The standard InChI is InChI=1S/C63H66N6/c1-58(2)61(7,8)67(52-31-16-13-17-32-52)55(64-58)46-28-22-25-43(37-46)49-40-50(44-26-23-29-47(38-44)56-65-59(3,4)62(9,10)68(56)53-33-18-14-19-34-53)42-51(41-49)45-27-24-30-48(39-45)57-66-60(5,6)63(11,12)69(57)54-35-20-15-21-36-54/h13-42H,1-12H3. The Morgan fingerprint density at radius 3 is 0.710 bits per heavy atom. The third-order valence-electron chi connectivity index (χ3n) is 16.3. The Balaban J connectivity index is 1.13. The van der Waals surface area contributed by atoms with E-state index >= 15 is 0 Å². The average molecular weight is 907 g/mol. The molecule has 0 aliphatic carbocycles. The number of benzene rings is 7. The predicted molar refractivity (Wildman–Crippen MR) is 294 cm³/mol. The zero-order valence-electron chi connectivity index (χ0n) is 42.5. The molecule has 0 unspecified atom stereocenters. The van der Waals surface area contributed by atoms with Gasteiger partial charge in [0.2, 0.25) is 0 Å². The van der Waals surface area contributed by atoms with Gasteiger partial charge in [0.05, 0.1) is 33.2 Å². The van der Waals surface area contributed by atoms with E-state index in [1.54, 1.807) is 0 Å². The number of amidine groups is 3. The number of hydrogen-bond acceptors (Lipinski definition) is 6. The largest absolute Gasteiger partial charge is 0.318 e. The molecule has 0 saturated heterocycles. The minimum absolute atomic E-state index is 0.267. The first-order valence-electron chi connectivity index (χ1n) is 24.5. The Morgan fingerprint density at radius 2 is 0.464 bits per heavy atom. The number of para-hydroxylation sites is 3. The van der Waals surface area contributed by atoms with Gasteiger partial charge in [0.15, 0.2) is 0 Å². The average Bonchev–Trinajstić information content (AvgIpc) is 3.76. The van der Waals surface area contributed by atoms with Crippen LogP contribution >= 0.6 is 0 Å². The second-order valence-electron chi connectivity index (χ2n) is 22.2. The van der Waals surface area contributed by atoms with Gasteiger partial charge in [0.1, 0.15) is 17.5 Å². The number of anilines is 3. The highest BCUT2D eigenvalue weighted by Crippen LogP contribution is 2.46. The molecule has 348 valence electrons. The summed E-state index contributed by atoms with van der Waals surface area (Å²) in [4.78, 5) is 23.7. The van der Waals surface area contributed by atoms with Gasteiger partial charge in [-0.05, 0) is 189 Å². The van der Waals surface area contributed by atoms with Gasteiger partial charge < -0.3 is 14.7 Å². The predicted octanol–water partition coefficient (Wildman–Crippen LogP) is 15.2. The van der Waals surface area contributed by atoms with E-state index in [0.29, 0.717) is 0 Å². The van der Waals surface area contributed by atoms with Crippen molar-refractivity contribution in [2.75, 3.05) is 14.7 Å². The van der Waals surface area contributed by atoms with Crippen molar-refractivity contribution in [2.24, 2.45) is 15.0 Å². The Morgan fingerprint density at radius 1 is 0.246 bits per heavy atom. The van der Waals surface area contributed by atoms with Gasteiger partial charge in [-0.15, -0.1) is 0 Å². The molecule has 0 saturated carbocycles. The van der Waals surface area contributed by atoms with E-state index in [2.05, 4.69) is 280 Å². The molecular weight excluding hydrogens is 841 g/mol. The summed E-state index contributed by atoms with van der Waals surface area (Å²) in [5, 5.41) is 0. The van der Waals surface area contributed by atoms with Crippen molar-refractivity contribution in [1.29, 1.82) is 0 Å². The van der Waals surface area contributed by atoms with Gasteiger partial charge in [-0.1, -0.05) is 109 Å². The van der Waals surface area contributed by atoms with Crippen molar-refractivity contribution in [1.82, 2.24) is 0 Å².